The Labute approximate surface area is 171 Å². The van der Waals surface area contributed by atoms with E-state index in [4.69, 9.17) is 32.5 Å². The fourth-order valence-electron chi connectivity index (χ4n) is 2.14. The molecule has 2 N–H and O–H groups in total. The number of carbonyl (C=O) groups is 1. The Bertz CT molecular complexity index is 627. The van der Waals surface area contributed by atoms with Crippen LogP contribution in [0.15, 0.2) is 24.3 Å². The van der Waals surface area contributed by atoms with Crippen LogP contribution in [0.2, 0.25) is 0 Å². The van der Waals surface area contributed by atoms with E-state index in [1.54, 1.807) is 12.1 Å². The van der Waals surface area contributed by atoms with E-state index in [9.17, 15) is 13.2 Å². The highest BCUT2D eigenvalue weighted by Crippen LogP contribution is 2.19. The summed E-state index contributed by atoms with van der Waals surface area (Å²) in [5.74, 6) is 1.58. The predicted octanol–water partition coefficient (Wildman–Crippen LogP) is 3.75. The maximum absolute atomic E-state index is 11.7. The molecule has 0 saturated heterocycles. The predicted molar refractivity (Wildman–Crippen MR) is 111 cm³/mol. The van der Waals surface area contributed by atoms with Gasteiger partial charge in [-0.3, -0.25) is 4.55 Å². The number of amides is 1. The smallest absolute Gasteiger partial charge is 0.410 e. The lowest BCUT2D eigenvalue weighted by molar-refractivity contribution is 0.196. The zero-order valence-corrected chi connectivity index (χ0v) is 18.1. The number of hydrogen-bond acceptors (Lipinski definition) is 5. The second kappa shape index (κ2) is 13.9. The Kier molecular flexibility index (Phi) is 13.2. The van der Waals surface area contributed by atoms with Gasteiger partial charge in [-0.2, -0.15) is 8.42 Å². The molecule has 27 heavy (non-hydrogen) atoms. The zero-order chi connectivity index (χ0) is 20.9. The van der Waals surface area contributed by atoms with Gasteiger partial charge in [0.15, 0.2) is 0 Å². The van der Waals surface area contributed by atoms with E-state index in [0.717, 1.165) is 31.6 Å². The van der Waals surface area contributed by atoms with E-state index < -0.39 is 16.2 Å². The van der Waals surface area contributed by atoms with Crippen LogP contribution in [0, 0.1) is 0 Å². The lowest BCUT2D eigenvalue weighted by Crippen LogP contribution is -2.34. The number of rotatable bonds is 9. The Morgan fingerprint density at radius 3 is 2.11 bits per heavy atom. The van der Waals surface area contributed by atoms with Gasteiger partial charge in [0.25, 0.3) is 10.1 Å². The molecule has 0 heterocycles. The van der Waals surface area contributed by atoms with Crippen molar-refractivity contribution in [3.05, 3.63) is 24.3 Å². The van der Waals surface area contributed by atoms with Gasteiger partial charge in [-0.1, -0.05) is 13.3 Å². The topological polar surface area (TPSA) is 95.9 Å². The highest BCUT2D eigenvalue weighted by molar-refractivity contribution is 7.85. The summed E-state index contributed by atoms with van der Waals surface area (Å²) in [6, 6.07) is 7.46. The van der Waals surface area contributed by atoms with Crippen molar-refractivity contribution in [1.82, 2.24) is 5.32 Å². The molecule has 0 spiro atoms. The first-order valence-electron chi connectivity index (χ1n) is 8.48. The molecule has 0 radical (unpaired) electrons. The molecule has 156 valence electrons. The minimum Gasteiger partial charge on any atom is -0.410 e. The first kappa shape index (κ1) is 25.8. The van der Waals surface area contributed by atoms with Crippen molar-refractivity contribution < 1.29 is 22.5 Å². The van der Waals surface area contributed by atoms with Crippen molar-refractivity contribution in [2.45, 2.75) is 32.7 Å². The number of nitrogens with zero attached hydrogens (tertiary/aromatic N) is 1. The third-order valence-corrected chi connectivity index (χ3v) is 3.55. The van der Waals surface area contributed by atoms with Crippen molar-refractivity contribution in [1.29, 1.82) is 0 Å². The molecule has 10 heteroatoms. The average Bonchev–Trinajstić information content (AvgIpc) is 2.54. The SMILES string of the molecule is CCC[C@@H](C)NC(=O)Oc1ccc(N(CCCl)CCCl)cc1.CS(=O)(=O)O. The normalized spacial score (nSPS) is 11.8. The number of halogens is 2. The first-order valence-corrected chi connectivity index (χ1v) is 11.4. The fourth-order valence-corrected chi connectivity index (χ4v) is 2.55. The molecule has 0 unspecified atom stereocenters. The standard InChI is InChI=1S/C16H24Cl2N2O2.CH4O3S/c1-3-4-13(2)19-16(21)22-15-7-5-14(6-8-15)20(11-9-17)12-10-18;1-5(2,3)4/h5-8,13H,3-4,9-12H2,1-2H3,(H,19,21);1H3,(H,2,3,4)/t13-;/m1./s1. The van der Waals surface area contributed by atoms with E-state index >= 15 is 0 Å². The average molecular weight is 443 g/mol. The molecule has 1 atom stereocenters. The third kappa shape index (κ3) is 14.5. The number of alkyl halides is 2. The van der Waals surface area contributed by atoms with Crippen LogP contribution in [0.3, 0.4) is 0 Å². The molecule has 1 aromatic carbocycles. The van der Waals surface area contributed by atoms with Gasteiger partial charge in [0.1, 0.15) is 5.75 Å². The molecule has 0 bridgehead atoms. The summed E-state index contributed by atoms with van der Waals surface area (Å²) in [5, 5.41) is 2.80. The Morgan fingerprint density at radius 2 is 1.70 bits per heavy atom. The summed E-state index contributed by atoms with van der Waals surface area (Å²) in [5.41, 5.74) is 1.01. The van der Waals surface area contributed by atoms with Crippen LogP contribution in [0.5, 0.6) is 5.75 Å². The quantitative estimate of drug-likeness (QED) is 0.446. The van der Waals surface area contributed by atoms with E-state index in [0.29, 0.717) is 23.8 Å². The van der Waals surface area contributed by atoms with Gasteiger partial charge >= 0.3 is 6.09 Å². The van der Waals surface area contributed by atoms with Crippen LogP contribution >= 0.6 is 23.2 Å². The molecule has 0 aliphatic carbocycles. The van der Waals surface area contributed by atoms with Gasteiger partial charge in [-0.05, 0) is 37.6 Å². The van der Waals surface area contributed by atoms with E-state index in [-0.39, 0.29) is 6.04 Å². The maximum Gasteiger partial charge on any atom is 0.412 e. The molecule has 0 saturated carbocycles. The number of carbonyl (C=O) groups excluding carboxylic acids is 1. The van der Waals surface area contributed by atoms with Gasteiger partial charge in [0.2, 0.25) is 0 Å². The molecule has 0 aliphatic rings. The highest BCUT2D eigenvalue weighted by atomic mass is 35.5. The van der Waals surface area contributed by atoms with Crippen molar-refractivity contribution >= 4 is 45.1 Å². The number of nitrogens with one attached hydrogen (secondary N) is 1. The van der Waals surface area contributed by atoms with Crippen LogP contribution in [-0.2, 0) is 10.1 Å². The zero-order valence-electron chi connectivity index (χ0n) is 15.8. The van der Waals surface area contributed by atoms with Gasteiger partial charge in [-0.15, -0.1) is 23.2 Å². The van der Waals surface area contributed by atoms with Crippen molar-refractivity contribution in [3.8, 4) is 5.75 Å². The number of hydrogen-bond donors (Lipinski definition) is 2. The number of anilines is 1. The molecular formula is C17H28Cl2N2O5S. The molecular weight excluding hydrogens is 415 g/mol. The number of ether oxygens (including phenoxy) is 1. The monoisotopic (exact) mass is 442 g/mol. The molecule has 0 fully saturated rings. The lowest BCUT2D eigenvalue weighted by Gasteiger charge is -2.23. The summed E-state index contributed by atoms with van der Waals surface area (Å²) < 4.78 is 31.1. The summed E-state index contributed by atoms with van der Waals surface area (Å²) in [6.45, 7) is 5.49. The van der Waals surface area contributed by atoms with E-state index in [2.05, 4.69) is 17.1 Å². The van der Waals surface area contributed by atoms with Crippen molar-refractivity contribution in [2.24, 2.45) is 0 Å². The summed E-state index contributed by atoms with van der Waals surface area (Å²) >= 11 is 11.6. The molecule has 7 nitrogen and oxygen atoms in total. The minimum absolute atomic E-state index is 0.111. The Hall–Kier alpha value is -1.22. The van der Waals surface area contributed by atoms with Gasteiger partial charge in [0, 0.05) is 36.6 Å². The highest BCUT2D eigenvalue weighted by Gasteiger charge is 2.10. The Morgan fingerprint density at radius 1 is 1.22 bits per heavy atom. The first-order chi connectivity index (χ1) is 12.6. The molecule has 0 aromatic heterocycles. The fraction of sp³-hybridized carbons (Fsp3) is 0.588. The van der Waals surface area contributed by atoms with Crippen LogP contribution in [0.25, 0.3) is 0 Å². The largest absolute Gasteiger partial charge is 0.412 e. The molecule has 1 amide bonds. The van der Waals surface area contributed by atoms with Gasteiger partial charge in [0.05, 0.1) is 6.26 Å². The van der Waals surface area contributed by atoms with E-state index in [1.165, 1.54) is 0 Å². The van der Waals surface area contributed by atoms with Crippen LogP contribution in [0.1, 0.15) is 26.7 Å². The molecule has 0 aliphatic heterocycles. The van der Waals surface area contributed by atoms with Crippen LogP contribution in [0.4, 0.5) is 10.5 Å². The van der Waals surface area contributed by atoms with Crippen molar-refractivity contribution in [3.63, 3.8) is 0 Å². The van der Waals surface area contributed by atoms with Crippen LogP contribution in [-0.4, -0.2) is 56.2 Å². The van der Waals surface area contributed by atoms with E-state index in [1.807, 2.05) is 19.1 Å². The second-order valence-corrected chi connectivity index (χ2v) is 8.04. The van der Waals surface area contributed by atoms with Crippen LogP contribution < -0.4 is 15.0 Å². The van der Waals surface area contributed by atoms with Gasteiger partial charge in [-0.25, -0.2) is 4.79 Å². The maximum atomic E-state index is 11.7. The Balaban J connectivity index is 0.00000119. The summed E-state index contributed by atoms with van der Waals surface area (Å²) in [4.78, 5) is 13.8. The minimum atomic E-state index is -3.67. The summed E-state index contributed by atoms with van der Waals surface area (Å²) in [7, 11) is -3.67. The van der Waals surface area contributed by atoms with Crippen molar-refractivity contribution in [2.75, 3.05) is 36.0 Å². The second-order valence-electron chi connectivity index (χ2n) is 5.82. The summed E-state index contributed by atoms with van der Waals surface area (Å²) in [6.07, 6.45) is 2.24. The molecule has 1 rings (SSSR count). The lowest BCUT2D eigenvalue weighted by atomic mass is 10.2. The molecule has 1 aromatic rings. The van der Waals surface area contributed by atoms with Gasteiger partial charge < -0.3 is 15.0 Å². The third-order valence-electron chi connectivity index (χ3n) is 3.21. The number of benzene rings is 1.